The summed E-state index contributed by atoms with van der Waals surface area (Å²) in [7, 11) is 1.52. The third-order valence-electron chi connectivity index (χ3n) is 2.55. The zero-order chi connectivity index (χ0) is 13.0. The monoisotopic (exact) mass is 255 g/mol. The van der Waals surface area contributed by atoms with E-state index in [0.29, 0.717) is 25.5 Å². The summed E-state index contributed by atoms with van der Waals surface area (Å²) in [6.45, 7) is 1.25. The van der Waals surface area contributed by atoms with Crippen LogP contribution in [0.2, 0.25) is 0 Å². The average molecular weight is 255 g/mol. The lowest BCUT2D eigenvalue weighted by Gasteiger charge is -2.31. The van der Waals surface area contributed by atoms with Crippen LogP contribution < -0.4 is 5.32 Å². The maximum atomic E-state index is 12.7. The van der Waals surface area contributed by atoms with Gasteiger partial charge >= 0.3 is 6.03 Å². The molecular weight excluding hydrogens is 241 g/mol. The molecule has 0 spiro atoms. The van der Waals surface area contributed by atoms with Crippen LogP contribution in [0.25, 0.3) is 0 Å². The number of anilines is 1. The van der Waals surface area contributed by atoms with E-state index in [-0.39, 0.29) is 6.03 Å². The number of nitrogens with one attached hydrogen (secondary N) is 1. The molecule has 1 aromatic heterocycles. The fourth-order valence-electron chi connectivity index (χ4n) is 1.58. The van der Waals surface area contributed by atoms with E-state index in [1.165, 1.54) is 19.2 Å². The van der Waals surface area contributed by atoms with Crippen molar-refractivity contribution in [2.75, 3.05) is 32.1 Å². The highest BCUT2D eigenvalue weighted by Gasteiger charge is 2.24. The van der Waals surface area contributed by atoms with Crippen LogP contribution in [0.4, 0.5) is 15.0 Å². The maximum Gasteiger partial charge on any atom is 0.323 e. The van der Waals surface area contributed by atoms with Gasteiger partial charge in [0.2, 0.25) is 0 Å². The molecule has 0 bridgehead atoms. The Morgan fingerprint density at radius 2 is 2.50 bits per heavy atom. The summed E-state index contributed by atoms with van der Waals surface area (Å²) < 4.78 is 22.9. The predicted molar refractivity (Wildman–Crippen MR) is 61.5 cm³/mol. The van der Waals surface area contributed by atoms with E-state index in [0.717, 1.165) is 6.20 Å². The van der Waals surface area contributed by atoms with E-state index in [2.05, 4.69) is 10.3 Å². The first-order chi connectivity index (χ1) is 8.69. The number of urea groups is 1. The lowest BCUT2D eigenvalue weighted by molar-refractivity contribution is -0.155. The van der Waals surface area contributed by atoms with E-state index < -0.39 is 12.1 Å². The number of halogens is 1. The van der Waals surface area contributed by atoms with Crippen molar-refractivity contribution in [3.8, 4) is 0 Å². The van der Waals surface area contributed by atoms with Gasteiger partial charge in [-0.25, -0.2) is 14.2 Å². The van der Waals surface area contributed by atoms with Gasteiger partial charge in [-0.05, 0) is 12.1 Å². The molecule has 1 saturated heterocycles. The second kappa shape index (κ2) is 5.74. The summed E-state index contributed by atoms with van der Waals surface area (Å²) in [6, 6.07) is 2.33. The number of carbonyl (C=O) groups is 1. The minimum Gasteiger partial charge on any atom is -0.354 e. The van der Waals surface area contributed by atoms with Gasteiger partial charge in [-0.1, -0.05) is 0 Å². The summed E-state index contributed by atoms with van der Waals surface area (Å²) >= 11 is 0. The quantitative estimate of drug-likeness (QED) is 0.858. The Hall–Kier alpha value is -1.73. The summed E-state index contributed by atoms with van der Waals surface area (Å²) in [4.78, 5) is 17.2. The molecule has 2 heterocycles. The first-order valence-corrected chi connectivity index (χ1v) is 5.51. The number of pyridine rings is 1. The molecule has 2 rings (SSSR count). The standard InChI is InChI=1S/C11H14FN3O3/c1-17-10-7-15(4-5-18-10)11(16)14-9-3-2-8(12)6-13-9/h2-3,6,10H,4-5,7H2,1H3,(H,13,14,16)/t10-/m1/s1. The summed E-state index contributed by atoms with van der Waals surface area (Å²) in [5.74, 6) is -0.138. The normalized spacial score (nSPS) is 19.7. The van der Waals surface area contributed by atoms with Gasteiger partial charge in [0.1, 0.15) is 11.6 Å². The summed E-state index contributed by atoms with van der Waals surface area (Å²) in [5.41, 5.74) is 0. The third kappa shape index (κ3) is 3.14. The van der Waals surface area contributed by atoms with E-state index in [1.807, 2.05) is 0 Å². The second-order valence-electron chi connectivity index (χ2n) is 3.77. The molecule has 0 radical (unpaired) electrons. The number of amides is 2. The van der Waals surface area contributed by atoms with Gasteiger partial charge in [-0.2, -0.15) is 0 Å². The summed E-state index contributed by atoms with van der Waals surface area (Å²) in [5, 5.41) is 2.58. The zero-order valence-electron chi connectivity index (χ0n) is 9.93. The molecule has 1 aromatic rings. The van der Waals surface area contributed by atoms with Gasteiger partial charge in [0.25, 0.3) is 0 Å². The Kier molecular flexibility index (Phi) is 4.06. The maximum absolute atomic E-state index is 12.7. The number of ether oxygens (including phenoxy) is 2. The van der Waals surface area contributed by atoms with Crippen LogP contribution in [0.3, 0.4) is 0 Å². The Labute approximate surface area is 104 Å². The van der Waals surface area contributed by atoms with Crippen LogP contribution in [-0.2, 0) is 9.47 Å². The molecule has 7 heteroatoms. The number of rotatable bonds is 2. The van der Waals surface area contributed by atoms with Gasteiger partial charge in [0.05, 0.1) is 19.3 Å². The highest BCUT2D eigenvalue weighted by atomic mass is 19.1. The fraction of sp³-hybridized carbons (Fsp3) is 0.455. The zero-order valence-corrected chi connectivity index (χ0v) is 9.93. The fourth-order valence-corrected chi connectivity index (χ4v) is 1.58. The van der Waals surface area contributed by atoms with Crippen molar-refractivity contribution in [2.45, 2.75) is 6.29 Å². The van der Waals surface area contributed by atoms with Crippen molar-refractivity contribution in [3.05, 3.63) is 24.1 Å². The Bertz CT molecular complexity index is 412. The lowest BCUT2D eigenvalue weighted by atomic mass is 10.4. The van der Waals surface area contributed by atoms with Crippen LogP contribution in [0.1, 0.15) is 0 Å². The molecule has 1 N–H and O–H groups in total. The van der Waals surface area contributed by atoms with Crippen molar-refractivity contribution in [2.24, 2.45) is 0 Å². The van der Waals surface area contributed by atoms with E-state index in [9.17, 15) is 9.18 Å². The minimum absolute atomic E-state index is 0.306. The molecule has 98 valence electrons. The molecule has 1 atom stereocenters. The highest BCUT2D eigenvalue weighted by molar-refractivity contribution is 5.88. The molecule has 2 amide bonds. The first kappa shape index (κ1) is 12.7. The number of aromatic nitrogens is 1. The van der Waals surface area contributed by atoms with Gasteiger partial charge in [0, 0.05) is 13.7 Å². The van der Waals surface area contributed by atoms with Crippen molar-refractivity contribution in [1.29, 1.82) is 0 Å². The van der Waals surface area contributed by atoms with Gasteiger partial charge < -0.3 is 14.4 Å². The highest BCUT2D eigenvalue weighted by Crippen LogP contribution is 2.09. The smallest absolute Gasteiger partial charge is 0.323 e. The molecule has 0 unspecified atom stereocenters. The average Bonchev–Trinajstić information content (AvgIpc) is 2.41. The van der Waals surface area contributed by atoms with E-state index in [1.54, 1.807) is 4.90 Å². The molecule has 0 aliphatic carbocycles. The SMILES string of the molecule is CO[C@H]1CN(C(=O)Nc2ccc(F)cn2)CCO1. The molecule has 1 aliphatic heterocycles. The lowest BCUT2D eigenvalue weighted by Crippen LogP contribution is -2.48. The third-order valence-corrected chi connectivity index (χ3v) is 2.55. The number of methoxy groups -OCH3 is 1. The molecule has 0 saturated carbocycles. The van der Waals surface area contributed by atoms with Gasteiger partial charge in [-0.15, -0.1) is 0 Å². The number of hydrogen-bond acceptors (Lipinski definition) is 4. The van der Waals surface area contributed by atoms with Crippen molar-refractivity contribution < 1.29 is 18.7 Å². The van der Waals surface area contributed by atoms with Crippen LogP contribution in [0.15, 0.2) is 18.3 Å². The number of carbonyl (C=O) groups excluding carboxylic acids is 1. The van der Waals surface area contributed by atoms with Gasteiger partial charge in [-0.3, -0.25) is 5.32 Å². The number of morpholine rings is 1. The van der Waals surface area contributed by atoms with E-state index >= 15 is 0 Å². The van der Waals surface area contributed by atoms with Crippen molar-refractivity contribution in [1.82, 2.24) is 9.88 Å². The molecule has 18 heavy (non-hydrogen) atoms. The van der Waals surface area contributed by atoms with Crippen LogP contribution in [-0.4, -0.2) is 49.0 Å². The largest absolute Gasteiger partial charge is 0.354 e. The number of hydrogen-bond donors (Lipinski definition) is 1. The molecule has 0 aromatic carbocycles. The van der Waals surface area contributed by atoms with E-state index in [4.69, 9.17) is 9.47 Å². The topological polar surface area (TPSA) is 63.7 Å². The molecular formula is C11H14FN3O3. The Morgan fingerprint density at radius 1 is 1.67 bits per heavy atom. The minimum atomic E-state index is -0.446. The first-order valence-electron chi connectivity index (χ1n) is 5.51. The molecule has 1 fully saturated rings. The Morgan fingerprint density at radius 3 is 3.17 bits per heavy atom. The van der Waals surface area contributed by atoms with Crippen molar-refractivity contribution in [3.63, 3.8) is 0 Å². The molecule has 6 nitrogen and oxygen atoms in total. The van der Waals surface area contributed by atoms with Crippen molar-refractivity contribution >= 4 is 11.8 Å². The molecule has 1 aliphatic rings. The van der Waals surface area contributed by atoms with Gasteiger partial charge in [0.15, 0.2) is 6.29 Å². The van der Waals surface area contributed by atoms with Crippen LogP contribution >= 0.6 is 0 Å². The second-order valence-corrected chi connectivity index (χ2v) is 3.77. The van der Waals surface area contributed by atoms with Crippen LogP contribution in [0, 0.1) is 5.82 Å². The Balaban J connectivity index is 1.93. The van der Waals surface area contributed by atoms with Crippen LogP contribution in [0.5, 0.6) is 0 Å². The number of nitrogens with zero attached hydrogens (tertiary/aromatic N) is 2. The summed E-state index contributed by atoms with van der Waals surface area (Å²) in [6.07, 6.45) is 0.637. The predicted octanol–water partition coefficient (Wildman–Crippen LogP) is 1.06.